The van der Waals surface area contributed by atoms with E-state index in [0.29, 0.717) is 31.0 Å². The first-order valence-electron chi connectivity index (χ1n) is 10.3. The average molecular weight is 401 g/mol. The molecule has 1 saturated heterocycles. The molecule has 2 aromatic heterocycles. The Hall–Kier alpha value is -2.32. The third-order valence-corrected chi connectivity index (χ3v) is 5.84. The Bertz CT molecular complexity index is 855. The van der Waals surface area contributed by atoms with Gasteiger partial charge in [0.25, 0.3) is 5.91 Å². The van der Waals surface area contributed by atoms with Crippen LogP contribution in [0.1, 0.15) is 46.9 Å². The zero-order valence-electron chi connectivity index (χ0n) is 16.9. The molecule has 1 unspecified atom stereocenters. The number of halogens is 1. The maximum absolute atomic E-state index is 14.0. The molecule has 0 saturated carbocycles. The van der Waals surface area contributed by atoms with Crippen LogP contribution in [0, 0.1) is 5.82 Å². The molecule has 29 heavy (non-hydrogen) atoms. The zero-order valence-corrected chi connectivity index (χ0v) is 16.9. The van der Waals surface area contributed by atoms with E-state index in [1.54, 1.807) is 19.4 Å². The van der Waals surface area contributed by atoms with Crippen LogP contribution in [0.2, 0.25) is 0 Å². The van der Waals surface area contributed by atoms with Gasteiger partial charge in [-0.2, -0.15) is 5.10 Å². The number of amides is 1. The number of carbonyl (C=O) groups excluding carboxylic acids is 1. The van der Waals surface area contributed by atoms with Crippen LogP contribution >= 0.6 is 0 Å². The molecule has 156 valence electrons. The third kappa shape index (κ3) is 4.48. The summed E-state index contributed by atoms with van der Waals surface area (Å²) in [5, 5.41) is 4.79. The zero-order chi connectivity index (χ0) is 20.2. The summed E-state index contributed by atoms with van der Waals surface area (Å²) in [7, 11) is 1.65. The van der Waals surface area contributed by atoms with Gasteiger partial charge in [-0.05, 0) is 37.9 Å². The maximum Gasteiger partial charge on any atom is 0.272 e. The van der Waals surface area contributed by atoms with Crippen LogP contribution in [0.4, 0.5) is 4.39 Å². The van der Waals surface area contributed by atoms with Gasteiger partial charge in [0.1, 0.15) is 11.5 Å². The molecular weight excluding hydrogens is 373 g/mol. The van der Waals surface area contributed by atoms with E-state index in [-0.39, 0.29) is 17.6 Å². The summed E-state index contributed by atoms with van der Waals surface area (Å²) in [4.78, 5) is 20.9. The van der Waals surface area contributed by atoms with Crippen molar-refractivity contribution in [3.63, 3.8) is 0 Å². The molecule has 1 amide bonds. The van der Waals surface area contributed by atoms with Crippen molar-refractivity contribution in [1.82, 2.24) is 24.6 Å². The van der Waals surface area contributed by atoms with Crippen LogP contribution in [0.5, 0.6) is 0 Å². The monoisotopic (exact) mass is 401 g/mol. The highest BCUT2D eigenvalue weighted by atomic mass is 19.1. The van der Waals surface area contributed by atoms with E-state index < -0.39 is 0 Å². The first kappa shape index (κ1) is 20.0. The van der Waals surface area contributed by atoms with Gasteiger partial charge in [0.05, 0.1) is 18.5 Å². The Balaban J connectivity index is 1.47. The average Bonchev–Trinajstić information content (AvgIpc) is 3.10. The predicted molar refractivity (Wildman–Crippen MR) is 106 cm³/mol. The van der Waals surface area contributed by atoms with Crippen LogP contribution in [0.3, 0.4) is 0 Å². The predicted octanol–water partition coefficient (Wildman–Crippen LogP) is 2.29. The van der Waals surface area contributed by atoms with Crippen molar-refractivity contribution in [2.75, 3.05) is 39.9 Å². The normalized spacial score (nSPS) is 20.6. The molecule has 4 rings (SSSR count). The Kier molecular flexibility index (Phi) is 6.20. The lowest BCUT2D eigenvalue weighted by atomic mass is 9.94. The lowest BCUT2D eigenvalue weighted by molar-refractivity contribution is 0.0698. The Morgan fingerprint density at radius 2 is 2.17 bits per heavy atom. The number of rotatable bonds is 6. The van der Waals surface area contributed by atoms with E-state index in [1.807, 2.05) is 15.6 Å². The van der Waals surface area contributed by atoms with Crippen molar-refractivity contribution in [1.29, 1.82) is 0 Å². The second kappa shape index (κ2) is 9.00. The fraction of sp³-hybridized carbons (Fsp3) is 0.571. The number of methoxy groups -OCH3 is 1. The number of piperidine rings is 1. The SMILES string of the molecule is COCCN1CCCn2nc(C3CCCN(Cc4ccncc4F)C3)cc2C1=O. The van der Waals surface area contributed by atoms with E-state index in [2.05, 4.69) is 9.88 Å². The number of hydrogen-bond acceptors (Lipinski definition) is 5. The van der Waals surface area contributed by atoms with Crippen LogP contribution in [-0.2, 0) is 17.8 Å². The van der Waals surface area contributed by atoms with Gasteiger partial charge in [0.2, 0.25) is 0 Å². The van der Waals surface area contributed by atoms with Crippen molar-refractivity contribution in [3.8, 4) is 0 Å². The number of fused-ring (bicyclic) bond motifs is 1. The number of aryl methyl sites for hydroxylation is 1. The molecule has 0 radical (unpaired) electrons. The van der Waals surface area contributed by atoms with Gasteiger partial charge in [-0.15, -0.1) is 0 Å². The molecule has 0 N–H and O–H groups in total. The molecule has 8 heteroatoms. The van der Waals surface area contributed by atoms with Gasteiger partial charge >= 0.3 is 0 Å². The second-order valence-electron chi connectivity index (χ2n) is 7.86. The van der Waals surface area contributed by atoms with Crippen molar-refractivity contribution < 1.29 is 13.9 Å². The number of hydrogen-bond donors (Lipinski definition) is 0. The first-order chi connectivity index (χ1) is 14.2. The van der Waals surface area contributed by atoms with E-state index in [0.717, 1.165) is 51.1 Å². The summed E-state index contributed by atoms with van der Waals surface area (Å²) in [6.07, 6.45) is 5.86. The number of carbonyl (C=O) groups is 1. The van der Waals surface area contributed by atoms with Crippen LogP contribution in [-0.4, -0.2) is 70.4 Å². The van der Waals surface area contributed by atoms with E-state index in [9.17, 15) is 9.18 Å². The van der Waals surface area contributed by atoms with Gasteiger partial charge in [-0.3, -0.25) is 19.4 Å². The number of pyridine rings is 1. The van der Waals surface area contributed by atoms with Crippen molar-refractivity contribution in [2.45, 2.75) is 38.3 Å². The highest BCUT2D eigenvalue weighted by Crippen LogP contribution is 2.28. The van der Waals surface area contributed by atoms with E-state index >= 15 is 0 Å². The smallest absolute Gasteiger partial charge is 0.272 e. The third-order valence-electron chi connectivity index (χ3n) is 5.84. The number of ether oxygens (including phenoxy) is 1. The maximum atomic E-state index is 14.0. The molecule has 2 aromatic rings. The highest BCUT2D eigenvalue weighted by Gasteiger charge is 2.29. The molecule has 0 aromatic carbocycles. The second-order valence-corrected chi connectivity index (χ2v) is 7.86. The Labute approximate surface area is 170 Å². The van der Waals surface area contributed by atoms with Gasteiger partial charge < -0.3 is 9.64 Å². The van der Waals surface area contributed by atoms with Crippen molar-refractivity contribution in [2.24, 2.45) is 0 Å². The standard InChI is InChI=1S/C21H28FN5O2/c1-29-11-10-26-8-3-9-27-20(21(26)28)12-19(24-27)17-4-2-7-25(15-17)14-16-5-6-23-13-18(16)22/h5-6,12-13,17H,2-4,7-11,14-15H2,1H3. The minimum absolute atomic E-state index is 0.0322. The quantitative estimate of drug-likeness (QED) is 0.743. The molecule has 0 spiro atoms. The molecule has 0 bridgehead atoms. The van der Waals surface area contributed by atoms with E-state index in [1.165, 1.54) is 6.20 Å². The number of nitrogens with zero attached hydrogens (tertiary/aromatic N) is 5. The van der Waals surface area contributed by atoms with Crippen LogP contribution in [0.25, 0.3) is 0 Å². The Morgan fingerprint density at radius 3 is 3.00 bits per heavy atom. The molecule has 4 heterocycles. The molecule has 2 aliphatic rings. The molecule has 1 fully saturated rings. The molecule has 2 aliphatic heterocycles. The molecular formula is C21H28FN5O2. The van der Waals surface area contributed by atoms with Gasteiger partial charge in [-0.1, -0.05) is 0 Å². The fourth-order valence-corrected chi connectivity index (χ4v) is 4.28. The summed E-state index contributed by atoms with van der Waals surface area (Å²) in [5.41, 5.74) is 2.32. The van der Waals surface area contributed by atoms with Crippen molar-refractivity contribution in [3.05, 3.63) is 47.3 Å². The summed E-state index contributed by atoms with van der Waals surface area (Å²) in [6.45, 7) is 4.96. The topological polar surface area (TPSA) is 63.5 Å². The van der Waals surface area contributed by atoms with Crippen molar-refractivity contribution >= 4 is 5.91 Å². The first-order valence-corrected chi connectivity index (χ1v) is 10.3. The number of aromatic nitrogens is 3. The lowest BCUT2D eigenvalue weighted by Crippen LogP contribution is -2.34. The minimum atomic E-state index is -0.259. The Morgan fingerprint density at radius 1 is 1.28 bits per heavy atom. The molecule has 1 atom stereocenters. The fourth-order valence-electron chi connectivity index (χ4n) is 4.28. The largest absolute Gasteiger partial charge is 0.383 e. The summed E-state index contributed by atoms with van der Waals surface area (Å²) in [6, 6.07) is 3.71. The minimum Gasteiger partial charge on any atom is -0.383 e. The summed E-state index contributed by atoms with van der Waals surface area (Å²) < 4.78 is 21.0. The summed E-state index contributed by atoms with van der Waals surface area (Å²) in [5.74, 6) is 0.0307. The van der Waals surface area contributed by atoms with Gasteiger partial charge in [0, 0.05) is 57.5 Å². The lowest BCUT2D eigenvalue weighted by Gasteiger charge is -2.32. The van der Waals surface area contributed by atoms with Gasteiger partial charge in [0.15, 0.2) is 0 Å². The molecule has 7 nitrogen and oxygen atoms in total. The van der Waals surface area contributed by atoms with Crippen LogP contribution < -0.4 is 0 Å². The number of likely N-dealkylation sites (tertiary alicyclic amines) is 1. The van der Waals surface area contributed by atoms with Gasteiger partial charge in [-0.25, -0.2) is 4.39 Å². The highest BCUT2D eigenvalue weighted by molar-refractivity contribution is 5.93. The van der Waals surface area contributed by atoms with E-state index in [4.69, 9.17) is 9.84 Å². The summed E-state index contributed by atoms with van der Waals surface area (Å²) >= 11 is 0. The van der Waals surface area contributed by atoms with Crippen LogP contribution in [0.15, 0.2) is 24.5 Å². The molecule has 0 aliphatic carbocycles.